The highest BCUT2D eigenvalue weighted by atomic mass is 32.1. The summed E-state index contributed by atoms with van der Waals surface area (Å²) in [6.07, 6.45) is 3.47. The highest BCUT2D eigenvalue weighted by Crippen LogP contribution is 2.44. The Bertz CT molecular complexity index is 1980. The lowest BCUT2D eigenvalue weighted by Gasteiger charge is -2.35. The number of amides is 3. The highest BCUT2D eigenvalue weighted by Gasteiger charge is 2.34. The molecule has 57 heavy (non-hydrogen) atoms. The lowest BCUT2D eigenvalue weighted by atomic mass is 9.94. The summed E-state index contributed by atoms with van der Waals surface area (Å²) >= 11 is 1.40. The van der Waals surface area contributed by atoms with Gasteiger partial charge < -0.3 is 25.0 Å². The fourth-order valence-electron chi connectivity index (χ4n) is 7.49. The summed E-state index contributed by atoms with van der Waals surface area (Å²) in [7, 11) is 1.79. The molecular formula is C46H56N4O6S. The lowest BCUT2D eigenvalue weighted by molar-refractivity contribution is -0.138. The first-order chi connectivity index (χ1) is 27.4. The highest BCUT2D eigenvalue weighted by molar-refractivity contribution is 7.09. The first-order valence-corrected chi connectivity index (χ1v) is 20.8. The van der Waals surface area contributed by atoms with Gasteiger partial charge in [0.05, 0.1) is 17.7 Å². The normalized spacial score (nSPS) is 14.5. The second kappa shape index (κ2) is 20.2. The zero-order valence-corrected chi connectivity index (χ0v) is 34.9. The second-order valence-corrected chi connectivity index (χ2v) is 16.0. The monoisotopic (exact) mass is 792 g/mol. The Morgan fingerprint density at radius 1 is 0.877 bits per heavy atom. The molecule has 10 nitrogen and oxygen atoms in total. The maximum absolute atomic E-state index is 14.2. The van der Waals surface area contributed by atoms with E-state index in [2.05, 4.69) is 53.7 Å². The average Bonchev–Trinajstić information content (AvgIpc) is 3.82. The minimum atomic E-state index is -0.766. The minimum absolute atomic E-state index is 0.0839. The van der Waals surface area contributed by atoms with Gasteiger partial charge in [-0.3, -0.25) is 9.59 Å². The van der Waals surface area contributed by atoms with Gasteiger partial charge in [-0.25, -0.2) is 14.6 Å². The number of hydrogen-bond donors (Lipinski definition) is 2. The molecule has 0 saturated heterocycles. The van der Waals surface area contributed by atoms with Gasteiger partial charge in [0.15, 0.2) is 0 Å². The van der Waals surface area contributed by atoms with Crippen LogP contribution in [0.2, 0.25) is 0 Å². The van der Waals surface area contributed by atoms with Crippen molar-refractivity contribution in [2.45, 2.75) is 91.3 Å². The van der Waals surface area contributed by atoms with Gasteiger partial charge in [0.25, 0.3) is 5.91 Å². The number of aryl methyl sites for hydroxylation is 1. The summed E-state index contributed by atoms with van der Waals surface area (Å²) in [6.45, 7) is 12.0. The number of carbonyl (C=O) groups is 4. The molecule has 0 aliphatic heterocycles. The number of benzene rings is 3. The van der Waals surface area contributed by atoms with Crippen molar-refractivity contribution < 1.29 is 28.7 Å². The Morgan fingerprint density at radius 3 is 2.12 bits per heavy atom. The fraction of sp³-hybridized carbons (Fsp3) is 0.413. The third-order valence-corrected chi connectivity index (χ3v) is 11.7. The topological polar surface area (TPSA) is 127 Å². The van der Waals surface area contributed by atoms with Crippen molar-refractivity contribution in [3.05, 3.63) is 123 Å². The standard InChI is InChI=1S/C46H56N4O6S/c1-8-30(5)42(49-46(54)56-27-38-36-21-15-13-19-34(36)35-20-14-16-22-37(35)38)44(52)50(7)40(29(3)4)23-24-41-48-39(28-57-41)43(51)47-33(25-31(6)45(53)55-9-2)26-32-17-11-10-12-18-32/h10-22,25,28-30,33,38,40,42H,8-9,23-24,26-27H2,1-7H3,(H,47,51)(H,49,54)/b31-25+/t30-,33+,40+,42-/m0/s1. The zero-order chi connectivity index (χ0) is 41.1. The number of esters is 1. The van der Waals surface area contributed by atoms with Crippen molar-refractivity contribution in [2.75, 3.05) is 20.3 Å². The summed E-state index contributed by atoms with van der Waals surface area (Å²) in [4.78, 5) is 59.7. The van der Waals surface area contributed by atoms with Crippen molar-refractivity contribution in [2.24, 2.45) is 11.8 Å². The van der Waals surface area contributed by atoms with Crippen LogP contribution in [0.4, 0.5) is 4.79 Å². The van der Waals surface area contributed by atoms with E-state index in [4.69, 9.17) is 9.47 Å². The van der Waals surface area contributed by atoms with Crippen LogP contribution < -0.4 is 10.6 Å². The van der Waals surface area contributed by atoms with E-state index >= 15 is 0 Å². The summed E-state index contributed by atoms with van der Waals surface area (Å²) < 4.78 is 11.0. The SMILES string of the molecule is CCOC(=O)/C(C)=C/[C@H](Cc1ccccc1)NC(=O)c1csc(CC[C@H](C(C)C)N(C)C(=O)[C@@H](NC(=O)OCC2c3ccccc3-c3ccccc32)[C@@H](C)CC)n1. The molecule has 11 heteroatoms. The molecule has 0 radical (unpaired) electrons. The van der Waals surface area contributed by atoms with Crippen LogP contribution in [0.1, 0.15) is 92.5 Å². The smallest absolute Gasteiger partial charge is 0.407 e. The van der Waals surface area contributed by atoms with Crippen LogP contribution in [0.3, 0.4) is 0 Å². The third kappa shape index (κ3) is 11.0. The van der Waals surface area contributed by atoms with Gasteiger partial charge in [-0.2, -0.15) is 0 Å². The molecule has 0 fully saturated rings. The molecule has 5 rings (SSSR count). The minimum Gasteiger partial charge on any atom is -0.463 e. The van der Waals surface area contributed by atoms with Crippen LogP contribution in [-0.4, -0.2) is 72.1 Å². The number of nitrogens with one attached hydrogen (secondary N) is 2. The molecule has 4 atom stereocenters. The lowest BCUT2D eigenvalue weighted by Crippen LogP contribution is -2.54. The van der Waals surface area contributed by atoms with Crippen LogP contribution in [0.5, 0.6) is 0 Å². The molecule has 302 valence electrons. The van der Waals surface area contributed by atoms with E-state index in [-0.39, 0.29) is 48.8 Å². The molecule has 0 saturated carbocycles. The summed E-state index contributed by atoms with van der Waals surface area (Å²) in [5.41, 5.74) is 6.27. The molecule has 1 heterocycles. The fourth-order valence-corrected chi connectivity index (χ4v) is 8.28. The average molecular weight is 793 g/mol. The maximum Gasteiger partial charge on any atom is 0.407 e. The maximum atomic E-state index is 14.2. The van der Waals surface area contributed by atoms with E-state index in [0.717, 1.165) is 32.8 Å². The number of alkyl carbamates (subject to hydrolysis) is 1. The van der Waals surface area contributed by atoms with Gasteiger partial charge in [-0.15, -0.1) is 11.3 Å². The Morgan fingerprint density at radius 2 is 1.51 bits per heavy atom. The van der Waals surface area contributed by atoms with E-state index in [9.17, 15) is 19.2 Å². The van der Waals surface area contributed by atoms with Gasteiger partial charge in [-0.05, 0) is 66.3 Å². The number of thiazole rings is 1. The first-order valence-electron chi connectivity index (χ1n) is 19.9. The molecule has 0 bridgehead atoms. The number of rotatable bonds is 18. The van der Waals surface area contributed by atoms with Crippen LogP contribution in [-0.2, 0) is 31.9 Å². The van der Waals surface area contributed by atoms with Gasteiger partial charge in [-0.1, -0.05) is 119 Å². The zero-order valence-electron chi connectivity index (χ0n) is 34.1. The number of fused-ring (bicyclic) bond motifs is 3. The number of nitrogens with zero attached hydrogens (tertiary/aromatic N) is 2. The number of likely N-dealkylation sites (N-methyl/N-ethyl adjacent to an activating group) is 1. The number of aromatic nitrogens is 1. The quantitative estimate of drug-likeness (QED) is 0.0766. The molecule has 0 spiro atoms. The molecule has 0 unspecified atom stereocenters. The van der Waals surface area contributed by atoms with Crippen molar-refractivity contribution in [1.82, 2.24) is 20.5 Å². The molecule has 1 aliphatic carbocycles. The molecule has 3 aromatic carbocycles. The molecule has 3 amide bonds. The van der Waals surface area contributed by atoms with E-state index < -0.39 is 24.1 Å². The summed E-state index contributed by atoms with van der Waals surface area (Å²) in [6, 6.07) is 24.7. The van der Waals surface area contributed by atoms with Gasteiger partial charge in [0.2, 0.25) is 5.91 Å². The number of ether oxygens (including phenoxy) is 2. The van der Waals surface area contributed by atoms with E-state index in [1.165, 1.54) is 11.3 Å². The Kier molecular flexibility index (Phi) is 15.2. The van der Waals surface area contributed by atoms with Crippen LogP contribution in [0.25, 0.3) is 11.1 Å². The Balaban J connectivity index is 1.20. The molecule has 1 aromatic heterocycles. The van der Waals surface area contributed by atoms with Gasteiger partial charge in [0.1, 0.15) is 18.3 Å². The molecule has 4 aromatic rings. The number of hydrogen-bond acceptors (Lipinski definition) is 8. The Labute approximate surface area is 341 Å². The van der Waals surface area contributed by atoms with E-state index in [1.807, 2.05) is 68.4 Å². The third-order valence-electron chi connectivity index (χ3n) is 10.8. The van der Waals surface area contributed by atoms with Crippen LogP contribution in [0, 0.1) is 11.8 Å². The van der Waals surface area contributed by atoms with E-state index in [0.29, 0.717) is 37.0 Å². The van der Waals surface area contributed by atoms with Crippen molar-refractivity contribution in [3.8, 4) is 11.1 Å². The predicted octanol–water partition coefficient (Wildman–Crippen LogP) is 8.36. The van der Waals surface area contributed by atoms with Crippen LogP contribution >= 0.6 is 11.3 Å². The summed E-state index contributed by atoms with van der Waals surface area (Å²) in [5.74, 6) is -1.04. The van der Waals surface area contributed by atoms with Crippen molar-refractivity contribution in [1.29, 1.82) is 0 Å². The second-order valence-electron chi connectivity index (χ2n) is 15.1. The molecular weight excluding hydrogens is 737 g/mol. The number of carbonyl (C=O) groups excluding carboxylic acids is 4. The van der Waals surface area contributed by atoms with Gasteiger partial charge in [0, 0.05) is 36.4 Å². The van der Waals surface area contributed by atoms with E-state index in [1.54, 1.807) is 37.3 Å². The van der Waals surface area contributed by atoms with Crippen molar-refractivity contribution in [3.63, 3.8) is 0 Å². The summed E-state index contributed by atoms with van der Waals surface area (Å²) in [5, 5.41) is 8.48. The Hall–Kier alpha value is -5.29. The molecule has 1 aliphatic rings. The first kappa shape index (κ1) is 42.8. The van der Waals surface area contributed by atoms with Crippen molar-refractivity contribution >= 4 is 35.2 Å². The predicted molar refractivity (Wildman–Crippen MR) is 225 cm³/mol. The van der Waals surface area contributed by atoms with Gasteiger partial charge >= 0.3 is 12.1 Å². The largest absolute Gasteiger partial charge is 0.463 e. The molecule has 2 N–H and O–H groups in total. The van der Waals surface area contributed by atoms with Crippen LogP contribution in [0.15, 0.2) is 95.9 Å².